The molecule has 0 amide bonds. The van der Waals surface area contributed by atoms with Crippen LogP contribution in [0.2, 0.25) is 5.02 Å². The van der Waals surface area contributed by atoms with E-state index >= 15 is 0 Å². The Kier molecular flexibility index (Phi) is 4.81. The van der Waals surface area contributed by atoms with Crippen molar-refractivity contribution in [1.29, 1.82) is 0 Å². The molecule has 1 saturated heterocycles. The molecule has 140 valence electrons. The van der Waals surface area contributed by atoms with Crippen LogP contribution in [-0.4, -0.2) is 42.2 Å². The van der Waals surface area contributed by atoms with E-state index in [4.69, 9.17) is 21.1 Å². The summed E-state index contributed by atoms with van der Waals surface area (Å²) in [5, 5.41) is 10.8. The van der Waals surface area contributed by atoms with E-state index in [-0.39, 0.29) is 5.76 Å². The first-order valence-electron chi connectivity index (χ1n) is 9.00. The van der Waals surface area contributed by atoms with Crippen LogP contribution in [0.25, 0.3) is 11.0 Å². The Hall–Kier alpha value is -2.50. The number of aryl methyl sites for hydroxylation is 1. The van der Waals surface area contributed by atoms with Crippen molar-refractivity contribution in [2.24, 2.45) is 0 Å². The molecule has 2 heterocycles. The Morgan fingerprint density at radius 1 is 1.15 bits per heavy atom. The minimum absolute atomic E-state index is 0.0187. The summed E-state index contributed by atoms with van der Waals surface area (Å²) in [5.41, 5.74) is 3.97. The van der Waals surface area contributed by atoms with E-state index < -0.39 is 5.97 Å². The zero-order valence-electron chi connectivity index (χ0n) is 15.1. The normalized spacial score (nSPS) is 15.4. The third-order valence-corrected chi connectivity index (χ3v) is 5.59. The van der Waals surface area contributed by atoms with E-state index in [0.29, 0.717) is 5.58 Å². The Labute approximate surface area is 162 Å². The van der Waals surface area contributed by atoms with E-state index in [2.05, 4.69) is 15.9 Å². The average Bonchev–Trinajstić information content (AvgIpc) is 3.11. The number of carboxylic acid groups (broad SMARTS) is 1. The number of rotatable bonds is 4. The predicted octanol–water partition coefficient (Wildman–Crippen LogP) is 4.42. The number of benzene rings is 2. The number of furan rings is 1. The number of piperazine rings is 1. The van der Waals surface area contributed by atoms with E-state index in [9.17, 15) is 4.79 Å². The Morgan fingerprint density at radius 3 is 2.59 bits per heavy atom. The summed E-state index contributed by atoms with van der Waals surface area (Å²) in [6.45, 7) is 6.62. The van der Waals surface area contributed by atoms with Gasteiger partial charge in [-0.25, -0.2) is 4.79 Å². The summed E-state index contributed by atoms with van der Waals surface area (Å²) < 4.78 is 5.41. The Morgan fingerprint density at radius 2 is 1.89 bits per heavy atom. The van der Waals surface area contributed by atoms with E-state index in [0.717, 1.165) is 59.9 Å². The lowest BCUT2D eigenvalue weighted by atomic mass is 10.1. The molecule has 0 aliphatic carbocycles. The van der Waals surface area contributed by atoms with Crippen LogP contribution in [0, 0.1) is 6.92 Å². The average molecular weight is 385 g/mol. The molecule has 0 spiro atoms. The van der Waals surface area contributed by atoms with Crippen LogP contribution in [0.3, 0.4) is 0 Å². The number of fused-ring (bicyclic) bond motifs is 1. The summed E-state index contributed by atoms with van der Waals surface area (Å²) in [7, 11) is 0. The first-order chi connectivity index (χ1) is 13.0. The topological polar surface area (TPSA) is 56.9 Å². The second-order valence-corrected chi connectivity index (χ2v) is 7.30. The van der Waals surface area contributed by atoms with Crippen LogP contribution in [0.5, 0.6) is 0 Å². The molecule has 1 aliphatic heterocycles. The predicted molar refractivity (Wildman–Crippen MR) is 107 cm³/mol. The molecule has 1 fully saturated rings. The highest BCUT2D eigenvalue weighted by atomic mass is 35.5. The molecule has 1 aromatic heterocycles. The summed E-state index contributed by atoms with van der Waals surface area (Å²) in [6, 6.07) is 13.5. The molecule has 6 heteroatoms. The number of hydrogen-bond acceptors (Lipinski definition) is 4. The number of carbonyl (C=O) groups is 1. The zero-order chi connectivity index (χ0) is 19.0. The van der Waals surface area contributed by atoms with Gasteiger partial charge < -0.3 is 14.4 Å². The van der Waals surface area contributed by atoms with Gasteiger partial charge in [-0.3, -0.25) is 4.90 Å². The number of aromatic carboxylic acids is 1. The molecule has 1 N–H and O–H groups in total. The van der Waals surface area contributed by atoms with Crippen LogP contribution in [0.4, 0.5) is 5.69 Å². The molecule has 0 bridgehead atoms. The highest BCUT2D eigenvalue weighted by molar-refractivity contribution is 6.31. The lowest BCUT2D eigenvalue weighted by molar-refractivity contribution is 0.0665. The van der Waals surface area contributed by atoms with Gasteiger partial charge in [-0.05, 0) is 42.3 Å². The van der Waals surface area contributed by atoms with Gasteiger partial charge in [0.2, 0.25) is 5.76 Å². The van der Waals surface area contributed by atoms with Crippen LogP contribution in [0.1, 0.15) is 21.7 Å². The van der Waals surface area contributed by atoms with Crippen LogP contribution in [-0.2, 0) is 6.54 Å². The smallest absolute Gasteiger partial charge is 0.371 e. The highest BCUT2D eigenvalue weighted by Crippen LogP contribution is 2.31. The van der Waals surface area contributed by atoms with E-state index in [1.54, 1.807) is 6.07 Å². The summed E-state index contributed by atoms with van der Waals surface area (Å²) in [4.78, 5) is 15.9. The lowest BCUT2D eigenvalue weighted by Gasteiger charge is -2.37. The first kappa shape index (κ1) is 17.9. The second-order valence-electron chi connectivity index (χ2n) is 6.89. The quantitative estimate of drug-likeness (QED) is 0.721. The first-order valence-corrected chi connectivity index (χ1v) is 9.38. The van der Waals surface area contributed by atoms with Gasteiger partial charge in [-0.15, -0.1) is 0 Å². The van der Waals surface area contributed by atoms with Crippen molar-refractivity contribution in [1.82, 2.24) is 4.90 Å². The number of halogens is 1. The zero-order valence-corrected chi connectivity index (χ0v) is 15.9. The van der Waals surface area contributed by atoms with Crippen molar-refractivity contribution < 1.29 is 14.3 Å². The standard InChI is InChI=1S/C21H21ClN2O3/c1-14-16-12-20(21(25)26)27-19(16)7-6-18(14)24-10-8-23(9-11-24)13-15-4-2-3-5-17(15)22/h2-7,12H,8-11,13H2,1H3,(H,25,26). The van der Waals surface area contributed by atoms with Gasteiger partial charge in [0, 0.05) is 48.8 Å². The third-order valence-electron chi connectivity index (χ3n) is 5.22. The number of nitrogens with zero attached hydrogens (tertiary/aromatic N) is 2. The molecule has 27 heavy (non-hydrogen) atoms. The number of carboxylic acids is 1. The molecule has 0 unspecified atom stereocenters. The van der Waals surface area contributed by atoms with Crippen molar-refractivity contribution >= 4 is 34.2 Å². The van der Waals surface area contributed by atoms with Gasteiger partial charge in [0.25, 0.3) is 0 Å². The maximum Gasteiger partial charge on any atom is 0.371 e. The SMILES string of the molecule is Cc1c(N2CCN(Cc3ccccc3Cl)CC2)ccc2oc(C(=O)O)cc12. The minimum atomic E-state index is -1.04. The fourth-order valence-electron chi connectivity index (χ4n) is 3.70. The maximum absolute atomic E-state index is 11.2. The molecule has 0 radical (unpaired) electrons. The minimum Gasteiger partial charge on any atom is -0.475 e. The summed E-state index contributed by atoms with van der Waals surface area (Å²) in [6.07, 6.45) is 0. The van der Waals surface area contributed by atoms with Crippen LogP contribution in [0.15, 0.2) is 46.9 Å². The maximum atomic E-state index is 11.2. The Bertz CT molecular complexity index is 990. The molecule has 0 saturated carbocycles. The van der Waals surface area contributed by atoms with Crippen LogP contribution >= 0.6 is 11.6 Å². The third kappa shape index (κ3) is 3.53. The second kappa shape index (κ2) is 7.25. The molecular weight excluding hydrogens is 364 g/mol. The molecule has 4 rings (SSSR count). The lowest BCUT2D eigenvalue weighted by Crippen LogP contribution is -2.46. The monoisotopic (exact) mass is 384 g/mol. The molecule has 1 aliphatic rings. The van der Waals surface area contributed by atoms with Crippen molar-refractivity contribution in [3.8, 4) is 0 Å². The molecule has 0 atom stereocenters. The number of hydrogen-bond donors (Lipinski definition) is 1. The highest BCUT2D eigenvalue weighted by Gasteiger charge is 2.21. The van der Waals surface area contributed by atoms with Gasteiger partial charge in [0.15, 0.2) is 0 Å². The Balaban J connectivity index is 1.48. The molecule has 5 nitrogen and oxygen atoms in total. The van der Waals surface area contributed by atoms with Crippen molar-refractivity contribution in [2.75, 3.05) is 31.1 Å². The van der Waals surface area contributed by atoms with Crippen molar-refractivity contribution in [3.05, 3.63) is 64.4 Å². The number of anilines is 1. The van der Waals surface area contributed by atoms with Gasteiger partial charge >= 0.3 is 5.97 Å². The summed E-state index contributed by atoms with van der Waals surface area (Å²) in [5.74, 6) is -1.06. The fourth-order valence-corrected chi connectivity index (χ4v) is 3.90. The van der Waals surface area contributed by atoms with E-state index in [1.165, 1.54) is 0 Å². The van der Waals surface area contributed by atoms with Crippen LogP contribution < -0.4 is 4.90 Å². The van der Waals surface area contributed by atoms with Gasteiger partial charge in [0.1, 0.15) is 5.58 Å². The fraction of sp³-hybridized carbons (Fsp3) is 0.286. The van der Waals surface area contributed by atoms with Gasteiger partial charge in [-0.1, -0.05) is 29.8 Å². The van der Waals surface area contributed by atoms with E-state index in [1.807, 2.05) is 37.3 Å². The largest absolute Gasteiger partial charge is 0.475 e. The van der Waals surface area contributed by atoms with Crippen molar-refractivity contribution in [2.45, 2.75) is 13.5 Å². The van der Waals surface area contributed by atoms with Gasteiger partial charge in [0.05, 0.1) is 0 Å². The van der Waals surface area contributed by atoms with Crippen molar-refractivity contribution in [3.63, 3.8) is 0 Å². The molecule has 3 aromatic rings. The van der Waals surface area contributed by atoms with Gasteiger partial charge in [-0.2, -0.15) is 0 Å². The molecular formula is C21H21ClN2O3. The summed E-state index contributed by atoms with van der Waals surface area (Å²) >= 11 is 6.28. The molecule has 2 aromatic carbocycles.